The smallest absolute Gasteiger partial charge is 0.124 e. The fourth-order valence-corrected chi connectivity index (χ4v) is 2.40. The first-order valence-electron chi connectivity index (χ1n) is 7.59. The first-order valence-corrected chi connectivity index (χ1v) is 7.59. The molecule has 1 heterocycles. The monoisotopic (exact) mass is 284 g/mol. The van der Waals surface area contributed by atoms with Gasteiger partial charge in [0.15, 0.2) is 0 Å². The fourth-order valence-electron chi connectivity index (χ4n) is 2.40. The first-order chi connectivity index (χ1) is 10.2. The van der Waals surface area contributed by atoms with Gasteiger partial charge in [-0.05, 0) is 38.6 Å². The Morgan fingerprint density at radius 3 is 2.52 bits per heavy atom. The minimum Gasteiger partial charge on any atom is -0.491 e. The van der Waals surface area contributed by atoms with Crippen molar-refractivity contribution in [2.24, 2.45) is 0 Å². The quantitative estimate of drug-likeness (QED) is 0.840. The van der Waals surface area contributed by atoms with Crippen LogP contribution in [0.4, 0.5) is 0 Å². The van der Waals surface area contributed by atoms with Gasteiger partial charge in [-0.25, -0.2) is 0 Å². The molecule has 0 aliphatic rings. The lowest BCUT2D eigenvalue weighted by molar-refractivity contribution is 0.237. The molecule has 2 aromatic rings. The van der Waals surface area contributed by atoms with Crippen molar-refractivity contribution in [2.75, 3.05) is 6.54 Å². The van der Waals surface area contributed by atoms with E-state index in [1.54, 1.807) is 0 Å². The van der Waals surface area contributed by atoms with Crippen LogP contribution in [0.1, 0.15) is 38.1 Å². The van der Waals surface area contributed by atoms with Gasteiger partial charge in [-0.1, -0.05) is 31.2 Å². The van der Waals surface area contributed by atoms with Crippen molar-refractivity contribution in [3.8, 4) is 5.75 Å². The summed E-state index contributed by atoms with van der Waals surface area (Å²) in [5.41, 5.74) is 2.28. The maximum absolute atomic E-state index is 5.95. The highest BCUT2D eigenvalue weighted by Crippen LogP contribution is 2.28. The molecule has 0 aliphatic heterocycles. The van der Waals surface area contributed by atoms with Gasteiger partial charge in [0, 0.05) is 29.9 Å². The zero-order valence-corrected chi connectivity index (χ0v) is 13.0. The predicted molar refractivity (Wildman–Crippen MR) is 86.6 cm³/mol. The fraction of sp³-hybridized carbons (Fsp3) is 0.389. The van der Waals surface area contributed by atoms with Crippen molar-refractivity contribution in [1.82, 2.24) is 10.3 Å². The zero-order valence-electron chi connectivity index (χ0n) is 13.0. The maximum Gasteiger partial charge on any atom is 0.124 e. The van der Waals surface area contributed by atoms with Crippen molar-refractivity contribution < 1.29 is 4.74 Å². The van der Waals surface area contributed by atoms with E-state index in [0.29, 0.717) is 0 Å². The van der Waals surface area contributed by atoms with Crippen molar-refractivity contribution >= 4 is 0 Å². The standard InChI is InChI=1S/C18H24N2O/c1-4-19-17(13-15-9-7-8-12-20-15)16-10-5-6-11-18(16)21-14(2)3/h5-12,14,17,19H,4,13H2,1-3H3. The molecule has 3 nitrogen and oxygen atoms in total. The highest BCUT2D eigenvalue weighted by molar-refractivity contribution is 5.36. The number of rotatable bonds is 7. The van der Waals surface area contributed by atoms with E-state index in [-0.39, 0.29) is 12.1 Å². The number of nitrogens with one attached hydrogen (secondary N) is 1. The summed E-state index contributed by atoms with van der Waals surface area (Å²) in [6, 6.07) is 14.5. The number of hydrogen-bond donors (Lipinski definition) is 1. The molecule has 0 aliphatic carbocycles. The number of nitrogens with zero attached hydrogens (tertiary/aromatic N) is 1. The summed E-state index contributed by atoms with van der Waals surface area (Å²) in [5.74, 6) is 0.953. The van der Waals surface area contributed by atoms with Crippen LogP contribution in [0.5, 0.6) is 5.75 Å². The second kappa shape index (κ2) is 7.79. The molecule has 0 saturated carbocycles. The molecule has 1 unspecified atom stereocenters. The SMILES string of the molecule is CCNC(Cc1ccccn1)c1ccccc1OC(C)C. The third-order valence-corrected chi connectivity index (χ3v) is 3.25. The Kier molecular flexibility index (Phi) is 5.76. The van der Waals surface area contributed by atoms with Crippen LogP contribution < -0.4 is 10.1 Å². The van der Waals surface area contributed by atoms with Gasteiger partial charge in [0.2, 0.25) is 0 Å². The van der Waals surface area contributed by atoms with Crippen molar-refractivity contribution in [3.63, 3.8) is 0 Å². The van der Waals surface area contributed by atoms with Crippen LogP contribution in [0, 0.1) is 0 Å². The molecule has 0 bridgehead atoms. The van der Waals surface area contributed by atoms with Crippen LogP contribution in [0.25, 0.3) is 0 Å². The lowest BCUT2D eigenvalue weighted by Crippen LogP contribution is -2.24. The Morgan fingerprint density at radius 1 is 1.10 bits per heavy atom. The summed E-state index contributed by atoms with van der Waals surface area (Å²) in [6.07, 6.45) is 2.87. The van der Waals surface area contributed by atoms with Crippen LogP contribution >= 0.6 is 0 Å². The summed E-state index contributed by atoms with van der Waals surface area (Å²) in [5, 5.41) is 3.54. The van der Waals surface area contributed by atoms with E-state index in [1.807, 2.05) is 30.5 Å². The molecule has 3 heteroatoms. The Bertz CT molecular complexity index is 540. The van der Waals surface area contributed by atoms with Gasteiger partial charge in [0.05, 0.1) is 6.10 Å². The van der Waals surface area contributed by atoms with Crippen molar-refractivity contribution in [1.29, 1.82) is 0 Å². The van der Waals surface area contributed by atoms with Crippen LogP contribution in [-0.2, 0) is 6.42 Å². The van der Waals surface area contributed by atoms with E-state index in [1.165, 1.54) is 5.56 Å². The summed E-state index contributed by atoms with van der Waals surface area (Å²) in [6.45, 7) is 7.14. The van der Waals surface area contributed by atoms with E-state index in [4.69, 9.17) is 4.74 Å². The number of ether oxygens (including phenoxy) is 1. The largest absolute Gasteiger partial charge is 0.491 e. The highest BCUT2D eigenvalue weighted by atomic mass is 16.5. The lowest BCUT2D eigenvalue weighted by atomic mass is 10.0. The van der Waals surface area contributed by atoms with E-state index >= 15 is 0 Å². The average molecular weight is 284 g/mol. The zero-order chi connectivity index (χ0) is 15.1. The molecule has 0 fully saturated rings. The molecule has 1 atom stereocenters. The molecule has 112 valence electrons. The molecule has 2 rings (SSSR count). The van der Waals surface area contributed by atoms with Gasteiger partial charge in [0.1, 0.15) is 5.75 Å². The number of hydrogen-bond acceptors (Lipinski definition) is 3. The molecule has 0 spiro atoms. The summed E-state index contributed by atoms with van der Waals surface area (Å²) in [4.78, 5) is 4.44. The molecule has 1 N–H and O–H groups in total. The minimum absolute atomic E-state index is 0.170. The number of pyridine rings is 1. The number of likely N-dealkylation sites (N-methyl/N-ethyl adjacent to an activating group) is 1. The van der Waals surface area contributed by atoms with Gasteiger partial charge in [0.25, 0.3) is 0 Å². The molecule has 1 aromatic heterocycles. The maximum atomic E-state index is 5.95. The highest BCUT2D eigenvalue weighted by Gasteiger charge is 2.16. The number of benzene rings is 1. The van der Waals surface area contributed by atoms with Gasteiger partial charge >= 0.3 is 0 Å². The second-order valence-electron chi connectivity index (χ2n) is 5.34. The molecular formula is C18H24N2O. The third-order valence-electron chi connectivity index (χ3n) is 3.25. The summed E-state index contributed by atoms with van der Waals surface area (Å²) < 4.78 is 5.95. The van der Waals surface area contributed by atoms with E-state index in [0.717, 1.165) is 24.4 Å². The topological polar surface area (TPSA) is 34.2 Å². The minimum atomic E-state index is 0.170. The summed E-state index contributed by atoms with van der Waals surface area (Å²) in [7, 11) is 0. The van der Waals surface area contributed by atoms with Gasteiger partial charge in [-0.2, -0.15) is 0 Å². The predicted octanol–water partition coefficient (Wildman–Crippen LogP) is 3.76. The summed E-state index contributed by atoms with van der Waals surface area (Å²) >= 11 is 0. The average Bonchev–Trinajstić information content (AvgIpc) is 2.48. The van der Waals surface area contributed by atoms with Crippen LogP contribution in [0.2, 0.25) is 0 Å². The van der Waals surface area contributed by atoms with Crippen molar-refractivity contribution in [3.05, 3.63) is 59.9 Å². The van der Waals surface area contributed by atoms with Crippen LogP contribution in [0.15, 0.2) is 48.7 Å². The molecular weight excluding hydrogens is 260 g/mol. The number of para-hydroxylation sites is 1. The normalized spacial score (nSPS) is 12.4. The van der Waals surface area contributed by atoms with Crippen LogP contribution in [-0.4, -0.2) is 17.6 Å². The molecule has 0 amide bonds. The Labute approximate surface area is 127 Å². The first kappa shape index (κ1) is 15.5. The molecule has 21 heavy (non-hydrogen) atoms. The van der Waals surface area contributed by atoms with Gasteiger partial charge in [-0.3, -0.25) is 4.98 Å². The van der Waals surface area contributed by atoms with Crippen LogP contribution in [0.3, 0.4) is 0 Å². The Hall–Kier alpha value is -1.87. The lowest BCUT2D eigenvalue weighted by Gasteiger charge is -2.22. The molecule has 0 radical (unpaired) electrons. The third kappa shape index (κ3) is 4.57. The van der Waals surface area contributed by atoms with E-state index in [2.05, 4.69) is 49.3 Å². The Balaban J connectivity index is 2.25. The van der Waals surface area contributed by atoms with Crippen molar-refractivity contribution in [2.45, 2.75) is 39.3 Å². The van der Waals surface area contributed by atoms with Gasteiger partial charge < -0.3 is 10.1 Å². The van der Waals surface area contributed by atoms with E-state index < -0.39 is 0 Å². The molecule has 0 saturated heterocycles. The number of aromatic nitrogens is 1. The second-order valence-corrected chi connectivity index (χ2v) is 5.34. The van der Waals surface area contributed by atoms with E-state index in [9.17, 15) is 0 Å². The molecule has 1 aromatic carbocycles. The van der Waals surface area contributed by atoms with Gasteiger partial charge in [-0.15, -0.1) is 0 Å². The Morgan fingerprint density at radius 2 is 1.86 bits per heavy atom.